The van der Waals surface area contributed by atoms with E-state index >= 15 is 0 Å². The molecule has 1 saturated carbocycles. The second-order valence-corrected chi connectivity index (χ2v) is 5.56. The van der Waals surface area contributed by atoms with Gasteiger partial charge in [0.25, 0.3) is 0 Å². The molecule has 0 spiro atoms. The summed E-state index contributed by atoms with van der Waals surface area (Å²) < 4.78 is 5.25. The number of hydrogen-bond acceptors (Lipinski definition) is 5. The van der Waals surface area contributed by atoms with Gasteiger partial charge in [-0.15, -0.1) is 5.10 Å². The van der Waals surface area contributed by atoms with E-state index in [4.69, 9.17) is 4.74 Å². The average Bonchev–Trinajstić information content (AvgIpc) is 2.91. The number of carbonyl (C=O) groups excluding carboxylic acids is 1. The van der Waals surface area contributed by atoms with Crippen LogP contribution >= 0.6 is 0 Å². The summed E-state index contributed by atoms with van der Waals surface area (Å²) in [7, 11) is 0. The normalized spacial score (nSPS) is 16.9. The van der Waals surface area contributed by atoms with Crippen molar-refractivity contribution in [3.63, 3.8) is 0 Å². The number of hydrogen-bond donors (Lipinski definition) is 1. The summed E-state index contributed by atoms with van der Waals surface area (Å²) in [5, 5.41) is 11.5. The Morgan fingerprint density at radius 2 is 2.05 bits per heavy atom. The van der Waals surface area contributed by atoms with Crippen LogP contribution in [-0.2, 0) is 9.53 Å². The first kappa shape index (κ1) is 14.8. The van der Waals surface area contributed by atoms with Gasteiger partial charge in [-0.1, -0.05) is 12.8 Å². The Kier molecular flexibility index (Phi) is 4.57. The minimum atomic E-state index is -0.392. The van der Waals surface area contributed by atoms with Gasteiger partial charge in [-0.3, -0.25) is 4.79 Å². The predicted molar refractivity (Wildman–Crippen MR) is 77.5 cm³/mol. The van der Waals surface area contributed by atoms with E-state index < -0.39 is 5.41 Å². The van der Waals surface area contributed by atoms with Gasteiger partial charge < -0.3 is 10.1 Å². The summed E-state index contributed by atoms with van der Waals surface area (Å²) >= 11 is 0. The number of anilines is 1. The molecule has 1 fully saturated rings. The molecule has 2 rings (SSSR count). The van der Waals surface area contributed by atoms with Gasteiger partial charge >= 0.3 is 5.97 Å². The molecular weight excluding hydrogens is 254 g/mol. The van der Waals surface area contributed by atoms with Crippen molar-refractivity contribution in [3.05, 3.63) is 17.3 Å². The van der Waals surface area contributed by atoms with Crippen molar-refractivity contribution in [2.24, 2.45) is 5.41 Å². The third-order valence-electron chi connectivity index (χ3n) is 4.11. The Hall–Kier alpha value is -1.65. The molecule has 110 valence electrons. The molecule has 1 aliphatic carbocycles. The molecule has 0 radical (unpaired) electrons. The number of aromatic nitrogens is 2. The molecule has 0 aromatic carbocycles. The Morgan fingerprint density at radius 3 is 2.65 bits per heavy atom. The lowest BCUT2D eigenvalue weighted by molar-refractivity contribution is -0.154. The smallest absolute Gasteiger partial charge is 0.313 e. The zero-order valence-electron chi connectivity index (χ0n) is 12.5. The topological polar surface area (TPSA) is 64.1 Å². The average molecular weight is 277 g/mol. The Bertz CT molecular complexity index is 482. The van der Waals surface area contributed by atoms with E-state index in [1.54, 1.807) is 0 Å². The number of nitrogens with one attached hydrogen (secondary N) is 1. The first-order valence-corrected chi connectivity index (χ1v) is 7.29. The highest BCUT2D eigenvalue weighted by Gasteiger charge is 2.42. The van der Waals surface area contributed by atoms with Crippen molar-refractivity contribution in [3.8, 4) is 0 Å². The summed E-state index contributed by atoms with van der Waals surface area (Å²) in [4.78, 5) is 12.2. The highest BCUT2D eigenvalue weighted by atomic mass is 16.5. The molecule has 0 unspecified atom stereocenters. The molecule has 1 aliphatic rings. The lowest BCUT2D eigenvalue weighted by Gasteiger charge is -2.26. The van der Waals surface area contributed by atoms with E-state index in [1.807, 2.05) is 26.8 Å². The highest BCUT2D eigenvalue weighted by Crippen LogP contribution is 2.39. The molecule has 5 heteroatoms. The van der Waals surface area contributed by atoms with Crippen LogP contribution in [0.2, 0.25) is 0 Å². The number of nitrogens with zero attached hydrogens (tertiary/aromatic N) is 2. The lowest BCUT2D eigenvalue weighted by Crippen LogP contribution is -2.37. The second-order valence-electron chi connectivity index (χ2n) is 5.56. The Labute approximate surface area is 120 Å². The molecule has 5 nitrogen and oxygen atoms in total. The summed E-state index contributed by atoms with van der Waals surface area (Å²) in [6.45, 7) is 6.80. The number of esters is 1. The summed E-state index contributed by atoms with van der Waals surface area (Å²) in [6, 6.07) is 1.97. The van der Waals surface area contributed by atoms with Crippen LogP contribution in [-0.4, -0.2) is 29.3 Å². The molecule has 0 aliphatic heterocycles. The van der Waals surface area contributed by atoms with Gasteiger partial charge in [0.2, 0.25) is 0 Å². The van der Waals surface area contributed by atoms with Crippen LogP contribution in [0.25, 0.3) is 0 Å². The van der Waals surface area contributed by atoms with Crippen molar-refractivity contribution in [1.29, 1.82) is 0 Å². The summed E-state index contributed by atoms with van der Waals surface area (Å²) in [6.07, 6.45) is 3.94. The van der Waals surface area contributed by atoms with E-state index in [0.29, 0.717) is 13.2 Å². The van der Waals surface area contributed by atoms with Gasteiger partial charge in [-0.25, -0.2) is 0 Å². The molecule has 1 N–H and O–H groups in total. The fraction of sp³-hybridized carbons (Fsp3) is 0.667. The second kappa shape index (κ2) is 6.20. The van der Waals surface area contributed by atoms with Crippen molar-refractivity contribution >= 4 is 11.8 Å². The first-order chi connectivity index (χ1) is 9.57. The van der Waals surface area contributed by atoms with Crippen LogP contribution in [0.1, 0.15) is 43.9 Å². The molecule has 0 amide bonds. The Morgan fingerprint density at radius 1 is 1.35 bits per heavy atom. The van der Waals surface area contributed by atoms with Crippen molar-refractivity contribution in [2.75, 3.05) is 18.5 Å². The number of rotatable bonds is 5. The Balaban J connectivity index is 2.05. The van der Waals surface area contributed by atoms with Gasteiger partial charge in [-0.2, -0.15) is 5.10 Å². The lowest BCUT2D eigenvalue weighted by atomic mass is 9.86. The SMILES string of the molecule is CCOC(=O)C1(CNc2cc(C)c(C)nn2)CCCC1. The largest absolute Gasteiger partial charge is 0.466 e. The minimum Gasteiger partial charge on any atom is -0.466 e. The van der Waals surface area contributed by atoms with Crippen molar-refractivity contribution < 1.29 is 9.53 Å². The van der Waals surface area contributed by atoms with E-state index in [1.165, 1.54) is 0 Å². The monoisotopic (exact) mass is 277 g/mol. The molecule has 0 atom stereocenters. The fourth-order valence-electron chi connectivity index (χ4n) is 2.68. The maximum Gasteiger partial charge on any atom is 0.313 e. The van der Waals surface area contributed by atoms with Gasteiger partial charge in [0.05, 0.1) is 17.7 Å². The van der Waals surface area contributed by atoms with Crippen LogP contribution in [0.5, 0.6) is 0 Å². The molecule has 1 aromatic heterocycles. The molecule has 0 saturated heterocycles. The standard InChI is InChI=1S/C15H23N3O2/c1-4-20-14(19)15(7-5-6-8-15)10-16-13-9-11(2)12(3)17-18-13/h9H,4-8,10H2,1-3H3,(H,16,18). The minimum absolute atomic E-state index is 0.0817. The number of aryl methyl sites for hydroxylation is 2. The maximum absolute atomic E-state index is 12.2. The van der Waals surface area contributed by atoms with E-state index in [-0.39, 0.29) is 5.97 Å². The van der Waals surface area contributed by atoms with Crippen molar-refractivity contribution in [1.82, 2.24) is 10.2 Å². The zero-order valence-corrected chi connectivity index (χ0v) is 12.5. The third kappa shape index (κ3) is 3.08. The fourth-order valence-corrected chi connectivity index (χ4v) is 2.68. The van der Waals surface area contributed by atoms with Gasteiger partial charge in [0.15, 0.2) is 0 Å². The van der Waals surface area contributed by atoms with Crippen LogP contribution in [0.15, 0.2) is 6.07 Å². The highest BCUT2D eigenvalue weighted by molar-refractivity contribution is 5.78. The maximum atomic E-state index is 12.2. The van der Waals surface area contributed by atoms with Gasteiger partial charge in [-0.05, 0) is 45.2 Å². The third-order valence-corrected chi connectivity index (χ3v) is 4.11. The first-order valence-electron chi connectivity index (χ1n) is 7.29. The van der Waals surface area contributed by atoms with Crippen molar-refractivity contribution in [2.45, 2.75) is 46.5 Å². The summed E-state index contributed by atoms with van der Waals surface area (Å²) in [5.74, 6) is 0.644. The van der Waals surface area contributed by atoms with E-state index in [0.717, 1.165) is 42.8 Å². The molecular formula is C15H23N3O2. The van der Waals surface area contributed by atoms with Crippen LogP contribution in [0, 0.1) is 19.3 Å². The molecule has 0 bridgehead atoms. The molecule has 1 aromatic rings. The summed E-state index contributed by atoms with van der Waals surface area (Å²) in [5.41, 5.74) is 1.63. The zero-order chi connectivity index (χ0) is 14.6. The van der Waals surface area contributed by atoms with E-state index in [9.17, 15) is 4.79 Å². The van der Waals surface area contributed by atoms with Crippen LogP contribution in [0.4, 0.5) is 5.82 Å². The predicted octanol–water partition coefficient (Wildman–Crippen LogP) is 2.63. The quantitative estimate of drug-likeness (QED) is 0.838. The van der Waals surface area contributed by atoms with Gasteiger partial charge in [0, 0.05) is 6.54 Å². The number of ether oxygens (including phenoxy) is 1. The van der Waals surface area contributed by atoms with Crippen LogP contribution in [0.3, 0.4) is 0 Å². The van der Waals surface area contributed by atoms with Crippen LogP contribution < -0.4 is 5.32 Å². The van der Waals surface area contributed by atoms with E-state index in [2.05, 4.69) is 15.5 Å². The molecule has 1 heterocycles. The van der Waals surface area contributed by atoms with Gasteiger partial charge in [0.1, 0.15) is 5.82 Å². The molecule has 20 heavy (non-hydrogen) atoms. The number of carbonyl (C=O) groups is 1.